The molecule has 0 spiro atoms. The third-order valence-corrected chi connectivity index (χ3v) is 5.39. The first-order valence-corrected chi connectivity index (χ1v) is 10.0. The highest BCUT2D eigenvalue weighted by Gasteiger charge is 2.39. The van der Waals surface area contributed by atoms with Crippen LogP contribution in [-0.2, 0) is 9.47 Å². The van der Waals surface area contributed by atoms with Gasteiger partial charge >= 0.3 is 0 Å². The maximum atomic E-state index is 9.98. The Labute approximate surface area is 150 Å². The minimum absolute atomic E-state index is 0.0324. The molecular weight excluding hydrogens is 302 g/mol. The minimum Gasteiger partial charge on any atom is -0.393 e. The molecule has 1 unspecified atom stereocenters. The first-order chi connectivity index (χ1) is 11.4. The molecule has 0 fully saturated rings. The van der Waals surface area contributed by atoms with Gasteiger partial charge < -0.3 is 19.5 Å². The molecule has 0 saturated carbocycles. The summed E-state index contributed by atoms with van der Waals surface area (Å²) in [5.74, 6) is 0. The first-order valence-electron chi connectivity index (χ1n) is 10.0. The molecule has 0 rings (SSSR count). The normalized spacial score (nSPS) is 15.2. The van der Waals surface area contributed by atoms with Crippen LogP contribution in [0.5, 0.6) is 0 Å². The van der Waals surface area contributed by atoms with Gasteiger partial charge in [0.15, 0.2) is 0 Å². The Morgan fingerprint density at radius 1 is 0.958 bits per heavy atom. The second-order valence-corrected chi connectivity index (χ2v) is 7.11. The van der Waals surface area contributed by atoms with Gasteiger partial charge in [0.25, 0.3) is 0 Å². The Balaban J connectivity index is 4.92. The molecule has 0 aliphatic rings. The van der Waals surface area contributed by atoms with Gasteiger partial charge in [-0.15, -0.1) is 0 Å². The smallest absolute Gasteiger partial charge is 0.0915 e. The summed E-state index contributed by atoms with van der Waals surface area (Å²) in [5.41, 5.74) is -0.769. The molecule has 0 aromatic heterocycles. The minimum atomic E-state index is -0.544. The number of ether oxygens (including phenoxy) is 2. The highest BCUT2D eigenvalue weighted by Crippen LogP contribution is 2.34. The summed E-state index contributed by atoms with van der Waals surface area (Å²) in [6.07, 6.45) is 4.75. The molecule has 1 N–H and O–H groups in total. The fourth-order valence-electron chi connectivity index (χ4n) is 3.36. The molecular formula is C20H43NO3. The Bertz CT molecular complexity index is 299. The van der Waals surface area contributed by atoms with Crippen molar-refractivity contribution < 1.29 is 14.6 Å². The molecule has 0 amide bonds. The van der Waals surface area contributed by atoms with E-state index in [4.69, 9.17) is 9.47 Å². The highest BCUT2D eigenvalue weighted by atomic mass is 16.5. The Morgan fingerprint density at radius 2 is 1.50 bits per heavy atom. The van der Waals surface area contributed by atoms with Crippen molar-refractivity contribution in [3.05, 3.63) is 0 Å². The van der Waals surface area contributed by atoms with Gasteiger partial charge in [-0.05, 0) is 45.7 Å². The van der Waals surface area contributed by atoms with Crippen LogP contribution in [0.3, 0.4) is 0 Å². The van der Waals surface area contributed by atoms with Crippen molar-refractivity contribution in [1.29, 1.82) is 0 Å². The van der Waals surface area contributed by atoms with Crippen LogP contribution < -0.4 is 0 Å². The van der Waals surface area contributed by atoms with Gasteiger partial charge in [0.1, 0.15) is 0 Å². The number of hydrogen-bond acceptors (Lipinski definition) is 4. The standard InChI is InChI=1S/C20H43NO3/c1-8-18(9-2)24-19(7,17-22)16-20(10-3,11-4)23-15-14-21(12-5)13-6/h18,22H,8-17H2,1-7H3. The summed E-state index contributed by atoms with van der Waals surface area (Å²) in [6, 6.07) is 0. The lowest BCUT2D eigenvalue weighted by Gasteiger charge is -2.41. The second-order valence-electron chi connectivity index (χ2n) is 7.11. The summed E-state index contributed by atoms with van der Waals surface area (Å²) >= 11 is 0. The fourth-order valence-corrected chi connectivity index (χ4v) is 3.36. The van der Waals surface area contributed by atoms with E-state index in [0.717, 1.165) is 58.3 Å². The molecule has 0 bridgehead atoms. The second kappa shape index (κ2) is 12.2. The number of rotatable bonds is 15. The zero-order chi connectivity index (χ0) is 18.6. The van der Waals surface area contributed by atoms with Crippen LogP contribution in [0.2, 0.25) is 0 Å². The van der Waals surface area contributed by atoms with Gasteiger partial charge in [0.05, 0.1) is 30.5 Å². The first kappa shape index (κ1) is 23.8. The van der Waals surface area contributed by atoms with E-state index in [9.17, 15) is 5.11 Å². The van der Waals surface area contributed by atoms with Crippen LogP contribution in [0.1, 0.15) is 80.6 Å². The summed E-state index contributed by atoms with van der Waals surface area (Å²) in [6.45, 7) is 18.8. The predicted molar refractivity (Wildman–Crippen MR) is 103 cm³/mol. The lowest BCUT2D eigenvalue weighted by molar-refractivity contribution is -0.165. The van der Waals surface area contributed by atoms with E-state index < -0.39 is 5.60 Å². The summed E-state index contributed by atoms with van der Waals surface area (Å²) < 4.78 is 12.6. The van der Waals surface area contributed by atoms with Crippen LogP contribution in [0.15, 0.2) is 0 Å². The average Bonchev–Trinajstić information content (AvgIpc) is 2.62. The number of nitrogens with zero attached hydrogens (tertiary/aromatic N) is 1. The quantitative estimate of drug-likeness (QED) is 0.482. The van der Waals surface area contributed by atoms with Crippen LogP contribution in [0.4, 0.5) is 0 Å². The van der Waals surface area contributed by atoms with E-state index in [1.807, 2.05) is 6.92 Å². The number of aliphatic hydroxyl groups is 1. The van der Waals surface area contributed by atoms with Crippen molar-refractivity contribution in [3.63, 3.8) is 0 Å². The SMILES string of the molecule is CCC(CC)OC(C)(CO)CC(CC)(CC)OCCN(CC)CC. The van der Waals surface area contributed by atoms with Gasteiger partial charge in [0, 0.05) is 13.0 Å². The van der Waals surface area contributed by atoms with Gasteiger partial charge in [-0.3, -0.25) is 0 Å². The van der Waals surface area contributed by atoms with Crippen LogP contribution in [-0.4, -0.2) is 60.2 Å². The topological polar surface area (TPSA) is 41.9 Å². The summed E-state index contributed by atoms with van der Waals surface area (Å²) in [5, 5.41) is 9.98. The van der Waals surface area contributed by atoms with Crippen molar-refractivity contribution >= 4 is 0 Å². The Morgan fingerprint density at radius 3 is 1.88 bits per heavy atom. The number of likely N-dealkylation sites (N-methyl/N-ethyl adjacent to an activating group) is 1. The molecule has 0 saturated heterocycles. The molecule has 4 heteroatoms. The number of hydrogen-bond donors (Lipinski definition) is 1. The maximum Gasteiger partial charge on any atom is 0.0915 e. The third-order valence-electron chi connectivity index (χ3n) is 5.39. The maximum absolute atomic E-state index is 9.98. The molecule has 0 heterocycles. The molecule has 24 heavy (non-hydrogen) atoms. The van der Waals surface area contributed by atoms with E-state index in [0.29, 0.717) is 0 Å². The van der Waals surface area contributed by atoms with E-state index in [-0.39, 0.29) is 18.3 Å². The van der Waals surface area contributed by atoms with Crippen molar-refractivity contribution in [1.82, 2.24) is 4.90 Å². The van der Waals surface area contributed by atoms with E-state index in [1.54, 1.807) is 0 Å². The molecule has 0 aliphatic carbocycles. The fraction of sp³-hybridized carbons (Fsp3) is 1.00. The molecule has 4 nitrogen and oxygen atoms in total. The Hall–Kier alpha value is -0.160. The third kappa shape index (κ3) is 7.81. The molecule has 0 aromatic rings. The summed E-state index contributed by atoms with van der Waals surface area (Å²) in [4.78, 5) is 2.38. The van der Waals surface area contributed by atoms with Crippen molar-refractivity contribution in [2.45, 2.75) is 97.9 Å². The molecule has 0 aromatic carbocycles. The summed E-state index contributed by atoms with van der Waals surface area (Å²) in [7, 11) is 0. The van der Waals surface area contributed by atoms with Gasteiger partial charge in [-0.1, -0.05) is 41.5 Å². The van der Waals surface area contributed by atoms with E-state index in [1.165, 1.54) is 0 Å². The van der Waals surface area contributed by atoms with Gasteiger partial charge in [-0.25, -0.2) is 0 Å². The largest absolute Gasteiger partial charge is 0.393 e. The lowest BCUT2D eigenvalue weighted by atomic mass is 9.84. The van der Waals surface area contributed by atoms with Crippen LogP contribution in [0.25, 0.3) is 0 Å². The zero-order valence-electron chi connectivity index (χ0n) is 17.4. The van der Waals surface area contributed by atoms with Crippen molar-refractivity contribution in [2.75, 3.05) is 32.8 Å². The lowest BCUT2D eigenvalue weighted by Crippen LogP contribution is -2.47. The monoisotopic (exact) mass is 345 g/mol. The molecule has 0 aliphatic heterocycles. The average molecular weight is 346 g/mol. The highest BCUT2D eigenvalue weighted by molar-refractivity contribution is 4.90. The molecule has 1 atom stereocenters. The van der Waals surface area contributed by atoms with Crippen molar-refractivity contribution in [2.24, 2.45) is 0 Å². The molecule has 146 valence electrons. The number of aliphatic hydroxyl groups excluding tert-OH is 1. The van der Waals surface area contributed by atoms with Gasteiger partial charge in [-0.2, -0.15) is 0 Å². The molecule has 0 radical (unpaired) electrons. The van der Waals surface area contributed by atoms with Crippen molar-refractivity contribution in [3.8, 4) is 0 Å². The zero-order valence-corrected chi connectivity index (χ0v) is 17.4. The Kier molecular flexibility index (Phi) is 12.2. The van der Waals surface area contributed by atoms with E-state index >= 15 is 0 Å². The van der Waals surface area contributed by atoms with Gasteiger partial charge in [0.2, 0.25) is 0 Å². The van der Waals surface area contributed by atoms with E-state index in [2.05, 4.69) is 46.4 Å². The van der Waals surface area contributed by atoms with Crippen LogP contribution in [0, 0.1) is 0 Å². The predicted octanol–water partition coefficient (Wildman–Crippen LogP) is 4.25. The van der Waals surface area contributed by atoms with Crippen LogP contribution >= 0.6 is 0 Å².